The van der Waals surface area contributed by atoms with Crippen LogP contribution in [0.4, 0.5) is 0 Å². The number of esters is 1. The number of hydrogen-bond donors (Lipinski definition) is 0. The van der Waals surface area contributed by atoms with E-state index in [1.807, 2.05) is 6.92 Å². The van der Waals surface area contributed by atoms with Crippen LogP contribution in [-0.2, 0) is 14.3 Å². The number of rotatable bonds is 6. The SMILES string of the molecule is CC=CC(=O)OCCCCC1([SiH3])CCCCO1. The third kappa shape index (κ3) is 6.03. The first-order chi connectivity index (χ1) is 8.16. The molecule has 0 amide bonds. The molecule has 1 atom stereocenters. The molecule has 1 unspecified atom stereocenters. The second kappa shape index (κ2) is 7.66. The number of unbranched alkanes of at least 4 members (excludes halogenated alkanes) is 1. The molecule has 0 aromatic heterocycles. The monoisotopic (exact) mass is 256 g/mol. The van der Waals surface area contributed by atoms with Gasteiger partial charge in [0.05, 0.1) is 6.61 Å². The van der Waals surface area contributed by atoms with E-state index in [1.165, 1.54) is 25.3 Å². The number of carbonyl (C=O) groups excluding carboxylic acids is 1. The molecule has 0 N–H and O–H groups in total. The van der Waals surface area contributed by atoms with E-state index in [0.717, 1.165) is 36.1 Å². The predicted molar refractivity (Wildman–Crippen MR) is 72.1 cm³/mol. The van der Waals surface area contributed by atoms with Crippen LogP contribution in [0, 0.1) is 0 Å². The quantitative estimate of drug-likeness (QED) is 0.313. The maximum absolute atomic E-state index is 11.0. The zero-order valence-corrected chi connectivity index (χ0v) is 13.0. The molecule has 98 valence electrons. The molecule has 1 saturated heterocycles. The van der Waals surface area contributed by atoms with E-state index in [-0.39, 0.29) is 11.2 Å². The summed E-state index contributed by atoms with van der Waals surface area (Å²) in [5.41, 5.74) is 0. The molecule has 1 aliphatic heterocycles. The highest BCUT2D eigenvalue weighted by Gasteiger charge is 2.26. The second-order valence-electron chi connectivity index (χ2n) is 4.88. The van der Waals surface area contributed by atoms with Crippen molar-refractivity contribution in [1.29, 1.82) is 0 Å². The van der Waals surface area contributed by atoms with Crippen LogP contribution >= 0.6 is 0 Å². The van der Waals surface area contributed by atoms with Crippen LogP contribution in [-0.4, -0.2) is 34.6 Å². The maximum Gasteiger partial charge on any atom is 0.330 e. The Labute approximate surface area is 107 Å². The van der Waals surface area contributed by atoms with Crippen LogP contribution in [0.5, 0.6) is 0 Å². The lowest BCUT2D eigenvalue weighted by Gasteiger charge is -2.34. The summed E-state index contributed by atoms with van der Waals surface area (Å²) in [6, 6.07) is 0. The van der Waals surface area contributed by atoms with Gasteiger partial charge in [0.25, 0.3) is 0 Å². The summed E-state index contributed by atoms with van der Waals surface area (Å²) < 4.78 is 10.9. The van der Waals surface area contributed by atoms with E-state index in [9.17, 15) is 4.79 Å². The van der Waals surface area contributed by atoms with Gasteiger partial charge in [0.2, 0.25) is 0 Å². The van der Waals surface area contributed by atoms with Crippen molar-refractivity contribution in [2.75, 3.05) is 13.2 Å². The van der Waals surface area contributed by atoms with E-state index in [2.05, 4.69) is 0 Å². The average molecular weight is 256 g/mol. The van der Waals surface area contributed by atoms with E-state index in [1.54, 1.807) is 6.08 Å². The summed E-state index contributed by atoms with van der Waals surface area (Å²) in [4.78, 5) is 11.0. The third-order valence-corrected chi connectivity index (χ3v) is 4.49. The standard InChI is InChI=1S/C13H24O3Si/c1-2-7-12(14)15-10-5-3-8-13(17)9-4-6-11-16-13/h2,7H,3-6,8-11H2,1,17H3. The molecule has 3 nitrogen and oxygen atoms in total. The molecule has 0 spiro atoms. The van der Waals surface area contributed by atoms with Gasteiger partial charge in [-0.3, -0.25) is 0 Å². The Morgan fingerprint density at radius 1 is 1.47 bits per heavy atom. The molecule has 1 heterocycles. The minimum atomic E-state index is -0.234. The fourth-order valence-electron chi connectivity index (χ4n) is 2.15. The Bertz CT molecular complexity index is 257. The first-order valence-electron chi connectivity index (χ1n) is 6.60. The van der Waals surface area contributed by atoms with Crippen molar-refractivity contribution in [2.24, 2.45) is 0 Å². The van der Waals surface area contributed by atoms with Gasteiger partial charge in [-0.2, -0.15) is 0 Å². The zero-order valence-electron chi connectivity index (χ0n) is 11.0. The minimum absolute atomic E-state index is 0.200. The first kappa shape index (κ1) is 14.4. The topological polar surface area (TPSA) is 35.5 Å². The summed E-state index contributed by atoms with van der Waals surface area (Å²) in [6.07, 6.45) is 10.1. The Balaban J connectivity index is 2.05. The molecule has 0 aliphatic carbocycles. The van der Waals surface area contributed by atoms with E-state index >= 15 is 0 Å². The highest BCUT2D eigenvalue weighted by molar-refractivity contribution is 6.14. The number of ether oxygens (including phenoxy) is 2. The smallest absolute Gasteiger partial charge is 0.330 e. The van der Waals surface area contributed by atoms with E-state index in [0.29, 0.717) is 6.61 Å². The lowest BCUT2D eigenvalue weighted by atomic mass is 10.0. The van der Waals surface area contributed by atoms with Crippen LogP contribution in [0.25, 0.3) is 0 Å². The van der Waals surface area contributed by atoms with Gasteiger partial charge < -0.3 is 9.47 Å². The Morgan fingerprint density at radius 3 is 2.94 bits per heavy atom. The lowest BCUT2D eigenvalue weighted by Crippen LogP contribution is -2.36. The van der Waals surface area contributed by atoms with Gasteiger partial charge in [-0.25, -0.2) is 4.79 Å². The molecule has 0 radical (unpaired) electrons. The van der Waals surface area contributed by atoms with Crippen LogP contribution in [0.2, 0.25) is 0 Å². The van der Waals surface area contributed by atoms with Crippen LogP contribution in [0.15, 0.2) is 12.2 Å². The largest absolute Gasteiger partial charge is 0.463 e. The predicted octanol–water partition coefficient (Wildman–Crippen LogP) is 1.54. The fraction of sp³-hybridized carbons (Fsp3) is 0.769. The molecule has 0 aromatic rings. The average Bonchev–Trinajstić information content (AvgIpc) is 2.30. The Kier molecular flexibility index (Phi) is 6.51. The third-order valence-electron chi connectivity index (χ3n) is 3.20. The van der Waals surface area contributed by atoms with Crippen molar-refractivity contribution in [3.63, 3.8) is 0 Å². The summed E-state index contributed by atoms with van der Waals surface area (Å²) >= 11 is 0. The Hall–Kier alpha value is -0.613. The van der Waals surface area contributed by atoms with Crippen molar-refractivity contribution < 1.29 is 14.3 Å². The van der Waals surface area contributed by atoms with Crippen molar-refractivity contribution >= 4 is 16.2 Å². The van der Waals surface area contributed by atoms with Crippen molar-refractivity contribution in [3.8, 4) is 0 Å². The maximum atomic E-state index is 11.0. The lowest BCUT2D eigenvalue weighted by molar-refractivity contribution is -0.137. The number of carbonyl (C=O) groups is 1. The van der Waals surface area contributed by atoms with Gasteiger partial charge in [0.1, 0.15) is 0 Å². The molecule has 1 rings (SSSR count). The van der Waals surface area contributed by atoms with E-state index < -0.39 is 0 Å². The van der Waals surface area contributed by atoms with Gasteiger partial charge >= 0.3 is 5.97 Å². The second-order valence-corrected chi connectivity index (χ2v) is 6.70. The summed E-state index contributed by atoms with van der Waals surface area (Å²) in [5, 5.41) is 0.200. The zero-order chi connectivity index (χ0) is 12.6. The summed E-state index contributed by atoms with van der Waals surface area (Å²) in [6.45, 7) is 3.27. The first-order valence-corrected chi connectivity index (χ1v) is 7.60. The molecular formula is C13H24O3Si. The summed E-state index contributed by atoms with van der Waals surface area (Å²) in [7, 11) is 1.10. The number of hydrogen-bond acceptors (Lipinski definition) is 3. The highest BCUT2D eigenvalue weighted by atomic mass is 28.1. The van der Waals surface area contributed by atoms with E-state index in [4.69, 9.17) is 9.47 Å². The molecule has 0 aromatic carbocycles. The normalized spacial score (nSPS) is 25.2. The molecule has 0 bridgehead atoms. The molecule has 4 heteroatoms. The van der Waals surface area contributed by atoms with Gasteiger partial charge in [0, 0.05) is 28.1 Å². The number of allylic oxidation sites excluding steroid dienone is 1. The van der Waals surface area contributed by atoms with Crippen molar-refractivity contribution in [2.45, 2.75) is 50.7 Å². The van der Waals surface area contributed by atoms with Gasteiger partial charge in [-0.05, 0) is 45.4 Å². The van der Waals surface area contributed by atoms with Crippen LogP contribution < -0.4 is 0 Å². The van der Waals surface area contributed by atoms with Crippen molar-refractivity contribution in [3.05, 3.63) is 12.2 Å². The summed E-state index contributed by atoms with van der Waals surface area (Å²) in [5.74, 6) is -0.234. The van der Waals surface area contributed by atoms with Crippen molar-refractivity contribution in [1.82, 2.24) is 0 Å². The van der Waals surface area contributed by atoms with Crippen LogP contribution in [0.3, 0.4) is 0 Å². The molecule has 1 fully saturated rings. The van der Waals surface area contributed by atoms with Gasteiger partial charge in [0.15, 0.2) is 0 Å². The highest BCUT2D eigenvalue weighted by Crippen LogP contribution is 2.26. The van der Waals surface area contributed by atoms with Crippen LogP contribution in [0.1, 0.15) is 45.4 Å². The fourth-order valence-corrected chi connectivity index (χ4v) is 3.06. The molecular weight excluding hydrogens is 232 g/mol. The van der Waals surface area contributed by atoms with Gasteiger partial charge in [-0.15, -0.1) is 0 Å². The minimum Gasteiger partial charge on any atom is -0.463 e. The molecule has 17 heavy (non-hydrogen) atoms. The van der Waals surface area contributed by atoms with Gasteiger partial charge in [-0.1, -0.05) is 6.08 Å². The Morgan fingerprint density at radius 2 is 2.29 bits per heavy atom. The molecule has 1 aliphatic rings. The molecule has 0 saturated carbocycles.